The number of nitrogens with zero attached hydrogens (tertiary/aromatic N) is 1. The number of para-hydroxylation sites is 1. The van der Waals surface area contributed by atoms with E-state index < -0.39 is 0 Å². The summed E-state index contributed by atoms with van der Waals surface area (Å²) >= 11 is 0. The molecule has 0 bridgehead atoms. The minimum atomic E-state index is -0.363. The summed E-state index contributed by atoms with van der Waals surface area (Å²) < 4.78 is 10.9. The molecule has 1 rings (SSSR count). The number of hydrogen-bond donors (Lipinski definition) is 0. The molecule has 5 heteroatoms. The number of benzene rings is 1. The molecule has 0 amide bonds. The van der Waals surface area contributed by atoms with Crippen molar-refractivity contribution in [2.45, 2.75) is 53.1 Å². The molecule has 19 heavy (non-hydrogen) atoms. The second-order valence-corrected chi connectivity index (χ2v) is 4.90. The van der Waals surface area contributed by atoms with Crippen molar-refractivity contribution in [2.24, 2.45) is 0 Å². The fourth-order valence-corrected chi connectivity index (χ4v) is 1.62. The number of hydrogen-bond acceptors (Lipinski definition) is 4. The SMILES string of the molecule is CC(C)OCc1cccc(COC(C)C)c1[N+](=O)[O-]. The number of rotatable bonds is 7. The van der Waals surface area contributed by atoms with E-state index in [1.807, 2.05) is 27.7 Å². The van der Waals surface area contributed by atoms with Gasteiger partial charge in [-0.2, -0.15) is 0 Å². The zero-order valence-corrected chi connectivity index (χ0v) is 11.9. The summed E-state index contributed by atoms with van der Waals surface area (Å²) in [6.07, 6.45) is 0.0744. The Hall–Kier alpha value is -1.46. The van der Waals surface area contributed by atoms with E-state index in [1.165, 1.54) is 0 Å². The van der Waals surface area contributed by atoms with Crippen LogP contribution in [0.2, 0.25) is 0 Å². The second-order valence-electron chi connectivity index (χ2n) is 4.90. The van der Waals surface area contributed by atoms with Gasteiger partial charge < -0.3 is 9.47 Å². The van der Waals surface area contributed by atoms with E-state index in [0.717, 1.165) is 0 Å². The van der Waals surface area contributed by atoms with Crippen molar-refractivity contribution in [3.8, 4) is 0 Å². The van der Waals surface area contributed by atoms with Gasteiger partial charge >= 0.3 is 0 Å². The number of nitro groups is 1. The Morgan fingerprint density at radius 3 is 1.79 bits per heavy atom. The maximum Gasteiger partial charge on any atom is 0.280 e. The lowest BCUT2D eigenvalue weighted by Gasteiger charge is -2.12. The van der Waals surface area contributed by atoms with Crippen molar-refractivity contribution in [2.75, 3.05) is 0 Å². The molecular formula is C14H21NO4. The van der Waals surface area contributed by atoms with Crippen molar-refractivity contribution in [3.05, 3.63) is 39.4 Å². The second kappa shape index (κ2) is 7.21. The van der Waals surface area contributed by atoms with E-state index in [9.17, 15) is 10.1 Å². The molecule has 0 saturated carbocycles. The van der Waals surface area contributed by atoms with Gasteiger partial charge in [-0.3, -0.25) is 10.1 Å². The average molecular weight is 267 g/mol. The normalized spacial score (nSPS) is 11.3. The number of ether oxygens (including phenoxy) is 2. The molecule has 0 spiro atoms. The Labute approximate surface area is 113 Å². The molecule has 0 saturated heterocycles. The summed E-state index contributed by atoms with van der Waals surface area (Å²) in [5.74, 6) is 0. The molecule has 106 valence electrons. The van der Waals surface area contributed by atoms with Gasteiger partial charge in [0.25, 0.3) is 5.69 Å². The molecule has 0 atom stereocenters. The fourth-order valence-electron chi connectivity index (χ4n) is 1.62. The maximum atomic E-state index is 11.2. The first-order valence-electron chi connectivity index (χ1n) is 6.40. The molecule has 0 unspecified atom stereocenters. The van der Waals surface area contributed by atoms with Crippen LogP contribution in [0.4, 0.5) is 5.69 Å². The first-order valence-corrected chi connectivity index (χ1v) is 6.40. The molecule has 0 radical (unpaired) electrons. The molecule has 0 fully saturated rings. The topological polar surface area (TPSA) is 61.6 Å². The lowest BCUT2D eigenvalue weighted by Crippen LogP contribution is -2.08. The van der Waals surface area contributed by atoms with Gasteiger partial charge in [0.15, 0.2) is 0 Å². The largest absolute Gasteiger partial charge is 0.374 e. The van der Waals surface area contributed by atoms with E-state index in [1.54, 1.807) is 18.2 Å². The van der Waals surface area contributed by atoms with Crippen LogP contribution in [-0.2, 0) is 22.7 Å². The molecule has 0 aliphatic carbocycles. The van der Waals surface area contributed by atoms with Crippen molar-refractivity contribution in [3.63, 3.8) is 0 Å². The van der Waals surface area contributed by atoms with Gasteiger partial charge in [-0.15, -0.1) is 0 Å². The Morgan fingerprint density at radius 1 is 1.05 bits per heavy atom. The number of nitro benzene ring substituents is 1. The van der Waals surface area contributed by atoms with Gasteiger partial charge in [-0.25, -0.2) is 0 Å². The fraction of sp³-hybridized carbons (Fsp3) is 0.571. The third-order valence-electron chi connectivity index (χ3n) is 2.53. The van der Waals surface area contributed by atoms with Crippen LogP contribution in [0.3, 0.4) is 0 Å². The van der Waals surface area contributed by atoms with E-state index >= 15 is 0 Å². The highest BCUT2D eigenvalue weighted by atomic mass is 16.6. The maximum absolute atomic E-state index is 11.2. The molecule has 1 aromatic rings. The van der Waals surface area contributed by atoms with Gasteiger partial charge in [0, 0.05) is 0 Å². The molecule has 0 aliphatic rings. The molecule has 0 heterocycles. The summed E-state index contributed by atoms with van der Waals surface area (Å²) in [6, 6.07) is 5.24. The van der Waals surface area contributed by atoms with Crippen LogP contribution in [0, 0.1) is 10.1 Å². The Morgan fingerprint density at radius 2 is 1.47 bits per heavy atom. The average Bonchev–Trinajstić information content (AvgIpc) is 2.33. The zero-order chi connectivity index (χ0) is 14.4. The summed E-state index contributed by atoms with van der Waals surface area (Å²) in [6.45, 7) is 8.08. The molecule has 0 aromatic heterocycles. The smallest absolute Gasteiger partial charge is 0.280 e. The van der Waals surface area contributed by atoms with Crippen molar-refractivity contribution >= 4 is 5.69 Å². The van der Waals surface area contributed by atoms with E-state index in [2.05, 4.69) is 0 Å². The van der Waals surface area contributed by atoms with E-state index in [4.69, 9.17) is 9.47 Å². The third kappa shape index (κ3) is 4.96. The van der Waals surface area contributed by atoms with Crippen LogP contribution in [-0.4, -0.2) is 17.1 Å². The van der Waals surface area contributed by atoms with Gasteiger partial charge in [0.1, 0.15) is 0 Å². The predicted molar refractivity (Wildman–Crippen MR) is 72.9 cm³/mol. The first-order chi connectivity index (χ1) is 8.91. The summed E-state index contributed by atoms with van der Waals surface area (Å²) in [4.78, 5) is 10.9. The minimum Gasteiger partial charge on any atom is -0.374 e. The summed E-state index contributed by atoms with van der Waals surface area (Å²) in [5, 5.41) is 11.2. The van der Waals surface area contributed by atoms with Crippen LogP contribution in [0.15, 0.2) is 18.2 Å². The summed E-state index contributed by atoms with van der Waals surface area (Å²) in [7, 11) is 0. The molecule has 0 N–H and O–H groups in total. The van der Waals surface area contributed by atoms with Gasteiger partial charge in [-0.1, -0.05) is 6.07 Å². The Balaban J connectivity index is 2.97. The van der Waals surface area contributed by atoms with Crippen LogP contribution in [0.25, 0.3) is 0 Å². The lowest BCUT2D eigenvalue weighted by atomic mass is 10.1. The van der Waals surface area contributed by atoms with Crippen molar-refractivity contribution < 1.29 is 14.4 Å². The van der Waals surface area contributed by atoms with Crippen LogP contribution in [0.5, 0.6) is 0 Å². The standard InChI is InChI=1S/C14H21NO4/c1-10(2)18-8-12-6-5-7-13(9-19-11(3)4)14(12)15(16)17/h5-7,10-11H,8-9H2,1-4H3. The predicted octanol–water partition coefficient (Wildman–Crippen LogP) is 3.44. The monoisotopic (exact) mass is 267 g/mol. The molecule has 5 nitrogen and oxygen atoms in total. The zero-order valence-electron chi connectivity index (χ0n) is 11.9. The van der Waals surface area contributed by atoms with Gasteiger partial charge in [0.05, 0.1) is 41.5 Å². The molecule has 1 aromatic carbocycles. The lowest BCUT2D eigenvalue weighted by molar-refractivity contribution is -0.387. The van der Waals surface area contributed by atoms with Crippen molar-refractivity contribution in [1.82, 2.24) is 0 Å². The highest BCUT2D eigenvalue weighted by Crippen LogP contribution is 2.26. The van der Waals surface area contributed by atoms with Crippen LogP contribution in [0.1, 0.15) is 38.8 Å². The highest BCUT2D eigenvalue weighted by Gasteiger charge is 2.20. The highest BCUT2D eigenvalue weighted by molar-refractivity contribution is 5.47. The quantitative estimate of drug-likeness (QED) is 0.560. The summed E-state index contributed by atoms with van der Waals surface area (Å²) in [5.41, 5.74) is 1.27. The van der Waals surface area contributed by atoms with Gasteiger partial charge in [0.2, 0.25) is 0 Å². The molecule has 0 aliphatic heterocycles. The molecular weight excluding hydrogens is 246 g/mol. The van der Waals surface area contributed by atoms with Gasteiger partial charge in [-0.05, 0) is 39.8 Å². The minimum absolute atomic E-state index is 0.0372. The van der Waals surface area contributed by atoms with Crippen LogP contribution >= 0.6 is 0 Å². The van der Waals surface area contributed by atoms with Crippen molar-refractivity contribution in [1.29, 1.82) is 0 Å². The van der Waals surface area contributed by atoms with E-state index in [0.29, 0.717) is 11.1 Å². The van der Waals surface area contributed by atoms with E-state index in [-0.39, 0.29) is 36.0 Å². The Bertz CT molecular complexity index is 399. The Kier molecular flexibility index (Phi) is 5.92. The third-order valence-corrected chi connectivity index (χ3v) is 2.53. The first kappa shape index (κ1) is 15.6. The van der Waals surface area contributed by atoms with Crippen LogP contribution < -0.4 is 0 Å².